The van der Waals surface area contributed by atoms with Gasteiger partial charge in [0.25, 0.3) is 0 Å². The fourth-order valence-electron chi connectivity index (χ4n) is 3.59. The maximum absolute atomic E-state index is 14.0. The molecule has 2 aromatic carbocycles. The molecule has 0 unspecified atom stereocenters. The molecule has 142 valence electrons. The number of oxazole rings is 1. The van der Waals surface area contributed by atoms with Crippen molar-refractivity contribution in [2.75, 3.05) is 18.4 Å². The van der Waals surface area contributed by atoms with Crippen molar-refractivity contribution < 1.29 is 8.81 Å². The molecule has 0 radical (unpaired) electrons. The van der Waals surface area contributed by atoms with Crippen LogP contribution in [-0.2, 0) is 13.6 Å². The molecule has 0 bridgehead atoms. The third-order valence-corrected chi connectivity index (χ3v) is 5.55. The first-order valence-corrected chi connectivity index (χ1v) is 9.40. The molecule has 1 aliphatic rings. The van der Waals surface area contributed by atoms with Crippen molar-refractivity contribution in [3.63, 3.8) is 0 Å². The standard InChI is InChI=1S/C20H21ClFN3O2/c1-24-18-11-14(5-6-19(18)27-20(24)26)23-13-7-9-25(10-8-13)12-15-16(21)3-2-4-17(15)22/h2-6,11,13,23H,7-10,12H2,1H3. The van der Waals surface area contributed by atoms with Crippen LogP contribution in [0.2, 0.25) is 5.02 Å². The molecule has 1 N–H and O–H groups in total. The van der Waals surface area contributed by atoms with E-state index in [0.29, 0.717) is 28.8 Å². The molecule has 2 heterocycles. The van der Waals surface area contributed by atoms with E-state index in [1.54, 1.807) is 19.2 Å². The number of halogens is 2. The topological polar surface area (TPSA) is 50.4 Å². The number of aryl methyl sites for hydroxylation is 1. The van der Waals surface area contributed by atoms with Crippen molar-refractivity contribution in [3.8, 4) is 0 Å². The van der Waals surface area contributed by atoms with Crippen LogP contribution in [0.3, 0.4) is 0 Å². The van der Waals surface area contributed by atoms with Crippen molar-refractivity contribution in [2.24, 2.45) is 7.05 Å². The van der Waals surface area contributed by atoms with Crippen molar-refractivity contribution in [1.29, 1.82) is 0 Å². The highest BCUT2D eigenvalue weighted by Crippen LogP contribution is 2.24. The van der Waals surface area contributed by atoms with Crippen molar-refractivity contribution in [1.82, 2.24) is 9.47 Å². The Bertz CT molecular complexity index is 1000. The highest BCUT2D eigenvalue weighted by atomic mass is 35.5. The Hall–Kier alpha value is -2.31. The lowest BCUT2D eigenvalue weighted by Gasteiger charge is -2.33. The van der Waals surface area contributed by atoms with Gasteiger partial charge in [0, 0.05) is 49.0 Å². The van der Waals surface area contributed by atoms with Crippen LogP contribution in [0.1, 0.15) is 18.4 Å². The fraction of sp³-hybridized carbons (Fsp3) is 0.350. The van der Waals surface area contributed by atoms with Crippen LogP contribution in [0.4, 0.5) is 10.1 Å². The third kappa shape index (κ3) is 3.73. The molecule has 1 saturated heterocycles. The molecule has 4 rings (SSSR count). The number of anilines is 1. The number of hydrogen-bond acceptors (Lipinski definition) is 4. The summed E-state index contributed by atoms with van der Waals surface area (Å²) < 4.78 is 20.6. The molecule has 1 aliphatic heterocycles. The monoisotopic (exact) mass is 389 g/mol. The van der Waals surface area contributed by atoms with E-state index in [9.17, 15) is 9.18 Å². The van der Waals surface area contributed by atoms with E-state index in [4.69, 9.17) is 16.0 Å². The van der Waals surface area contributed by atoms with Gasteiger partial charge in [-0.25, -0.2) is 9.18 Å². The van der Waals surface area contributed by atoms with Gasteiger partial charge in [0.15, 0.2) is 5.58 Å². The number of aromatic nitrogens is 1. The van der Waals surface area contributed by atoms with Gasteiger partial charge < -0.3 is 9.73 Å². The minimum Gasteiger partial charge on any atom is -0.408 e. The van der Waals surface area contributed by atoms with Crippen LogP contribution in [0.15, 0.2) is 45.6 Å². The number of nitrogens with zero attached hydrogens (tertiary/aromatic N) is 2. The van der Waals surface area contributed by atoms with Crippen LogP contribution in [0.5, 0.6) is 0 Å². The summed E-state index contributed by atoms with van der Waals surface area (Å²) in [6.45, 7) is 2.27. The molecular weight excluding hydrogens is 369 g/mol. The normalized spacial score (nSPS) is 16.1. The summed E-state index contributed by atoms with van der Waals surface area (Å²) in [5.74, 6) is -0.607. The second kappa shape index (κ2) is 7.37. The zero-order valence-corrected chi connectivity index (χ0v) is 15.8. The summed E-state index contributed by atoms with van der Waals surface area (Å²) in [5, 5.41) is 4.01. The summed E-state index contributed by atoms with van der Waals surface area (Å²) in [6, 6.07) is 10.8. The van der Waals surface area contributed by atoms with Crippen LogP contribution < -0.4 is 11.1 Å². The Kier molecular flexibility index (Phi) is 4.93. The van der Waals surface area contributed by atoms with Gasteiger partial charge in [-0.2, -0.15) is 0 Å². The number of hydrogen-bond donors (Lipinski definition) is 1. The first-order valence-electron chi connectivity index (χ1n) is 9.02. The largest absolute Gasteiger partial charge is 0.419 e. The smallest absolute Gasteiger partial charge is 0.408 e. The average Bonchev–Trinajstić information content (AvgIpc) is 2.94. The Morgan fingerprint density at radius 1 is 1.26 bits per heavy atom. The summed E-state index contributed by atoms with van der Waals surface area (Å²) in [5.41, 5.74) is 2.90. The highest BCUT2D eigenvalue weighted by Gasteiger charge is 2.21. The zero-order valence-electron chi connectivity index (χ0n) is 15.0. The van der Waals surface area contributed by atoms with Gasteiger partial charge in [0.2, 0.25) is 0 Å². The third-order valence-electron chi connectivity index (χ3n) is 5.19. The Labute approximate surface area is 161 Å². The maximum Gasteiger partial charge on any atom is 0.419 e. The quantitative estimate of drug-likeness (QED) is 0.732. The van der Waals surface area contributed by atoms with Crippen LogP contribution in [-0.4, -0.2) is 28.6 Å². The number of likely N-dealkylation sites (tertiary alicyclic amines) is 1. The molecule has 0 aliphatic carbocycles. The Morgan fingerprint density at radius 2 is 2.04 bits per heavy atom. The molecule has 0 spiro atoms. The predicted octanol–water partition coefficient (Wildman–Crippen LogP) is 4.00. The second-order valence-corrected chi connectivity index (χ2v) is 7.41. The number of piperidine rings is 1. The summed E-state index contributed by atoms with van der Waals surface area (Å²) in [4.78, 5) is 13.8. The Morgan fingerprint density at radius 3 is 2.78 bits per heavy atom. The minimum absolute atomic E-state index is 0.248. The van der Waals surface area contributed by atoms with Crippen molar-refractivity contribution >= 4 is 28.4 Å². The van der Waals surface area contributed by atoms with Crippen LogP contribution >= 0.6 is 11.6 Å². The molecule has 1 aromatic heterocycles. The van der Waals surface area contributed by atoms with Gasteiger partial charge >= 0.3 is 5.76 Å². The van der Waals surface area contributed by atoms with E-state index in [1.807, 2.05) is 18.2 Å². The highest BCUT2D eigenvalue weighted by molar-refractivity contribution is 6.31. The van der Waals surface area contributed by atoms with E-state index in [-0.39, 0.29) is 11.6 Å². The number of rotatable bonds is 4. The fourth-order valence-corrected chi connectivity index (χ4v) is 3.82. The van der Waals surface area contributed by atoms with E-state index in [1.165, 1.54) is 10.6 Å². The summed E-state index contributed by atoms with van der Waals surface area (Å²) in [6.07, 6.45) is 1.91. The average molecular weight is 390 g/mol. The maximum atomic E-state index is 14.0. The van der Waals surface area contributed by atoms with Gasteiger partial charge in [-0.1, -0.05) is 17.7 Å². The molecule has 27 heavy (non-hydrogen) atoms. The SMILES string of the molecule is Cn1c(=O)oc2ccc(NC3CCN(Cc4c(F)cccc4Cl)CC3)cc21. The van der Waals surface area contributed by atoms with Crippen molar-refractivity contribution in [3.05, 3.63) is 63.4 Å². The van der Waals surface area contributed by atoms with E-state index < -0.39 is 0 Å². The van der Waals surface area contributed by atoms with Gasteiger partial charge in [-0.05, 0) is 43.2 Å². The first-order chi connectivity index (χ1) is 13.0. The van der Waals surface area contributed by atoms with Crippen LogP contribution in [0.25, 0.3) is 11.1 Å². The second-order valence-electron chi connectivity index (χ2n) is 7.00. The lowest BCUT2D eigenvalue weighted by atomic mass is 10.0. The summed E-state index contributed by atoms with van der Waals surface area (Å²) >= 11 is 6.14. The lowest BCUT2D eigenvalue weighted by molar-refractivity contribution is 0.209. The van der Waals surface area contributed by atoms with E-state index in [0.717, 1.165) is 37.1 Å². The number of benzene rings is 2. The molecule has 5 nitrogen and oxygen atoms in total. The predicted molar refractivity (Wildman–Crippen MR) is 105 cm³/mol. The molecule has 3 aromatic rings. The van der Waals surface area contributed by atoms with Gasteiger partial charge in [-0.15, -0.1) is 0 Å². The van der Waals surface area contributed by atoms with E-state index in [2.05, 4.69) is 10.2 Å². The molecule has 7 heteroatoms. The van der Waals surface area contributed by atoms with Gasteiger partial charge in [-0.3, -0.25) is 9.47 Å². The van der Waals surface area contributed by atoms with Gasteiger partial charge in [0.05, 0.1) is 5.52 Å². The molecule has 0 amide bonds. The Balaban J connectivity index is 1.38. The number of nitrogens with one attached hydrogen (secondary N) is 1. The molecule has 1 fully saturated rings. The first kappa shape index (κ1) is 18.1. The molecular formula is C20H21ClFN3O2. The van der Waals surface area contributed by atoms with Crippen LogP contribution in [0, 0.1) is 5.82 Å². The minimum atomic E-state index is -0.359. The molecule has 0 atom stereocenters. The zero-order chi connectivity index (χ0) is 19.0. The molecule has 0 saturated carbocycles. The van der Waals surface area contributed by atoms with Gasteiger partial charge in [0.1, 0.15) is 5.82 Å². The lowest BCUT2D eigenvalue weighted by Crippen LogP contribution is -2.38. The van der Waals surface area contributed by atoms with Crippen molar-refractivity contribution in [2.45, 2.75) is 25.4 Å². The van der Waals surface area contributed by atoms with E-state index >= 15 is 0 Å². The summed E-state index contributed by atoms with van der Waals surface area (Å²) in [7, 11) is 1.70. The number of fused-ring (bicyclic) bond motifs is 1.